The highest BCUT2D eigenvalue weighted by atomic mass is 15.1. The average Bonchev–Trinajstić information content (AvgIpc) is 2.99. The number of hydrogen-bond donors (Lipinski definition) is 1. The number of fused-ring (bicyclic) bond motifs is 2. The van der Waals surface area contributed by atoms with Crippen molar-refractivity contribution in [3.8, 4) is 0 Å². The first-order valence-electron chi connectivity index (χ1n) is 10.5. The van der Waals surface area contributed by atoms with Crippen LogP contribution in [0.25, 0.3) is 10.4 Å². The SMILES string of the molecule is CC1(C)[C@@H]2CC[C@@]1(C)[C@H](NC1CCN(Cc3ccc(N=[N+]=[N-])cc3)CC1)C2. The number of benzene rings is 1. The Morgan fingerprint density at radius 2 is 1.85 bits per heavy atom. The standard InChI is InChI=1S/C22H33N5/c1-21(2)17-8-11-22(21,3)20(14-17)24-18-9-12-27(13-10-18)15-16-4-6-19(7-5-16)25-26-23/h4-7,17-18,20,24H,8-15H2,1-3H3/t17-,20-,22+/m1/s1. The molecule has 0 amide bonds. The van der Waals surface area contributed by atoms with Crippen LogP contribution in [0, 0.1) is 16.7 Å². The fraction of sp³-hybridized carbons (Fsp3) is 0.727. The largest absolute Gasteiger partial charge is 0.311 e. The second kappa shape index (κ2) is 7.12. The lowest BCUT2D eigenvalue weighted by molar-refractivity contribution is 0.103. The van der Waals surface area contributed by atoms with Crippen LogP contribution >= 0.6 is 0 Å². The maximum Gasteiger partial charge on any atom is 0.0375 e. The van der Waals surface area contributed by atoms with Gasteiger partial charge in [0.25, 0.3) is 0 Å². The Kier molecular flexibility index (Phi) is 4.96. The minimum absolute atomic E-state index is 0.475. The van der Waals surface area contributed by atoms with Crippen LogP contribution in [0.1, 0.15) is 58.4 Å². The molecule has 3 fully saturated rings. The number of piperidine rings is 1. The van der Waals surface area contributed by atoms with Gasteiger partial charge in [0, 0.05) is 29.2 Å². The highest BCUT2D eigenvalue weighted by molar-refractivity contribution is 5.38. The van der Waals surface area contributed by atoms with Crippen LogP contribution in [0.15, 0.2) is 29.4 Å². The van der Waals surface area contributed by atoms with Crippen molar-refractivity contribution in [2.24, 2.45) is 21.9 Å². The van der Waals surface area contributed by atoms with E-state index in [2.05, 4.69) is 53.1 Å². The van der Waals surface area contributed by atoms with E-state index in [1.165, 1.54) is 37.7 Å². The van der Waals surface area contributed by atoms with Crippen LogP contribution in [-0.2, 0) is 6.54 Å². The van der Waals surface area contributed by atoms with Gasteiger partial charge in [-0.1, -0.05) is 50.2 Å². The maximum atomic E-state index is 8.50. The molecule has 0 radical (unpaired) electrons. The van der Waals surface area contributed by atoms with Gasteiger partial charge in [-0.05, 0) is 73.0 Å². The topological polar surface area (TPSA) is 64.0 Å². The van der Waals surface area contributed by atoms with Crippen LogP contribution < -0.4 is 5.32 Å². The van der Waals surface area contributed by atoms with Crippen molar-refractivity contribution >= 4 is 5.69 Å². The van der Waals surface area contributed by atoms with Gasteiger partial charge in [0.2, 0.25) is 0 Å². The average molecular weight is 368 g/mol. The van der Waals surface area contributed by atoms with Gasteiger partial charge >= 0.3 is 0 Å². The van der Waals surface area contributed by atoms with Crippen LogP contribution in [0.4, 0.5) is 5.69 Å². The van der Waals surface area contributed by atoms with Gasteiger partial charge in [-0.15, -0.1) is 0 Å². The first-order chi connectivity index (χ1) is 12.9. The summed E-state index contributed by atoms with van der Waals surface area (Å²) in [4.78, 5) is 5.39. The zero-order chi connectivity index (χ0) is 19.1. The fourth-order valence-electron chi connectivity index (χ4n) is 5.98. The smallest absolute Gasteiger partial charge is 0.0375 e. The third-order valence-corrected chi connectivity index (χ3v) is 8.32. The van der Waals surface area contributed by atoms with E-state index in [1.807, 2.05) is 12.1 Å². The number of rotatable bonds is 5. The number of nitrogens with zero attached hydrogens (tertiary/aromatic N) is 4. The third-order valence-electron chi connectivity index (χ3n) is 8.32. The highest BCUT2D eigenvalue weighted by Gasteiger charge is 2.61. The number of azide groups is 1. The Bertz CT molecular complexity index is 713. The maximum absolute atomic E-state index is 8.50. The number of likely N-dealkylation sites (tertiary alicyclic amines) is 1. The van der Waals surface area contributed by atoms with E-state index in [0.717, 1.165) is 25.6 Å². The number of hydrogen-bond acceptors (Lipinski definition) is 3. The van der Waals surface area contributed by atoms with Gasteiger partial charge < -0.3 is 5.32 Å². The molecule has 1 aromatic carbocycles. The molecule has 2 aliphatic carbocycles. The third kappa shape index (κ3) is 3.37. The number of nitrogens with one attached hydrogen (secondary N) is 1. The second-order valence-corrected chi connectivity index (χ2v) is 9.74. The summed E-state index contributed by atoms with van der Waals surface area (Å²) >= 11 is 0. The summed E-state index contributed by atoms with van der Waals surface area (Å²) in [6, 6.07) is 9.34. The van der Waals surface area contributed by atoms with E-state index < -0.39 is 0 Å². The summed E-state index contributed by atoms with van der Waals surface area (Å²) in [5, 5.41) is 7.72. The Morgan fingerprint density at radius 3 is 2.41 bits per heavy atom. The molecule has 5 heteroatoms. The summed E-state index contributed by atoms with van der Waals surface area (Å²) in [6.07, 6.45) is 6.69. The molecule has 4 rings (SSSR count). The van der Waals surface area contributed by atoms with Gasteiger partial charge in [0.05, 0.1) is 0 Å². The summed E-state index contributed by atoms with van der Waals surface area (Å²) in [5.41, 5.74) is 11.4. The Balaban J connectivity index is 1.28. The molecule has 3 aliphatic rings. The first kappa shape index (κ1) is 18.8. The van der Waals surface area contributed by atoms with Gasteiger partial charge in [0.1, 0.15) is 0 Å². The Morgan fingerprint density at radius 1 is 1.15 bits per heavy atom. The minimum Gasteiger partial charge on any atom is -0.311 e. The summed E-state index contributed by atoms with van der Waals surface area (Å²) in [7, 11) is 0. The lowest BCUT2D eigenvalue weighted by Crippen LogP contribution is -2.51. The van der Waals surface area contributed by atoms with Crippen molar-refractivity contribution in [3.05, 3.63) is 40.3 Å². The van der Waals surface area contributed by atoms with Gasteiger partial charge in [-0.3, -0.25) is 4.90 Å². The molecule has 27 heavy (non-hydrogen) atoms. The zero-order valence-corrected chi connectivity index (χ0v) is 17.0. The normalized spacial score (nSPS) is 33.1. The van der Waals surface area contributed by atoms with Crippen molar-refractivity contribution in [1.82, 2.24) is 10.2 Å². The van der Waals surface area contributed by atoms with E-state index in [1.54, 1.807) is 0 Å². The fourth-order valence-corrected chi connectivity index (χ4v) is 5.98. The van der Waals surface area contributed by atoms with Crippen LogP contribution in [0.5, 0.6) is 0 Å². The minimum atomic E-state index is 0.475. The molecule has 1 aromatic rings. The predicted molar refractivity (Wildman–Crippen MR) is 110 cm³/mol. The lowest BCUT2D eigenvalue weighted by Gasteiger charge is -2.42. The van der Waals surface area contributed by atoms with E-state index in [-0.39, 0.29) is 0 Å². The molecule has 3 atom stereocenters. The molecule has 146 valence electrons. The van der Waals surface area contributed by atoms with Crippen LogP contribution in [0.2, 0.25) is 0 Å². The lowest BCUT2D eigenvalue weighted by atomic mass is 9.69. The Hall–Kier alpha value is -1.55. The quantitative estimate of drug-likeness (QED) is 0.430. The van der Waals surface area contributed by atoms with Crippen molar-refractivity contribution in [3.63, 3.8) is 0 Å². The molecular formula is C22H33N5. The summed E-state index contributed by atoms with van der Waals surface area (Å²) < 4.78 is 0. The predicted octanol–water partition coefficient (Wildman–Crippen LogP) is 5.40. The van der Waals surface area contributed by atoms with Gasteiger partial charge in [0.15, 0.2) is 0 Å². The molecular weight excluding hydrogens is 334 g/mol. The summed E-state index contributed by atoms with van der Waals surface area (Å²) in [6.45, 7) is 10.8. The molecule has 0 spiro atoms. The van der Waals surface area contributed by atoms with E-state index in [0.29, 0.717) is 28.6 Å². The molecule has 1 aliphatic heterocycles. The van der Waals surface area contributed by atoms with E-state index in [4.69, 9.17) is 5.53 Å². The molecule has 1 heterocycles. The Labute approximate surface area is 163 Å². The van der Waals surface area contributed by atoms with E-state index in [9.17, 15) is 0 Å². The monoisotopic (exact) mass is 367 g/mol. The van der Waals surface area contributed by atoms with Crippen molar-refractivity contribution in [1.29, 1.82) is 0 Å². The van der Waals surface area contributed by atoms with Crippen molar-refractivity contribution in [2.75, 3.05) is 13.1 Å². The molecule has 2 saturated carbocycles. The first-order valence-corrected chi connectivity index (χ1v) is 10.5. The van der Waals surface area contributed by atoms with Crippen molar-refractivity contribution in [2.45, 2.75) is 71.5 Å². The zero-order valence-electron chi connectivity index (χ0n) is 17.0. The molecule has 2 bridgehead atoms. The van der Waals surface area contributed by atoms with Crippen LogP contribution in [0.3, 0.4) is 0 Å². The summed E-state index contributed by atoms with van der Waals surface area (Å²) in [5.74, 6) is 0.911. The van der Waals surface area contributed by atoms with Gasteiger partial charge in [-0.2, -0.15) is 0 Å². The highest BCUT2D eigenvalue weighted by Crippen LogP contribution is 2.65. The second-order valence-electron chi connectivity index (χ2n) is 9.74. The molecule has 1 saturated heterocycles. The van der Waals surface area contributed by atoms with Gasteiger partial charge in [-0.25, -0.2) is 0 Å². The molecule has 5 nitrogen and oxygen atoms in total. The molecule has 0 aromatic heterocycles. The van der Waals surface area contributed by atoms with Crippen LogP contribution in [-0.4, -0.2) is 30.1 Å². The molecule has 0 unspecified atom stereocenters. The van der Waals surface area contributed by atoms with E-state index >= 15 is 0 Å². The molecule has 1 N–H and O–H groups in total. The van der Waals surface area contributed by atoms with Crippen molar-refractivity contribution < 1.29 is 0 Å².